The molecule has 2 heterocycles. The summed E-state index contributed by atoms with van der Waals surface area (Å²) in [4.78, 5) is 0. The number of aromatic nitrogens is 3. The van der Waals surface area contributed by atoms with Crippen molar-refractivity contribution in [2.24, 2.45) is 0 Å². The molecule has 0 bridgehead atoms. The molecule has 96 valence electrons. The molecular weight excluding hydrogens is 266 g/mol. The fraction of sp³-hybridized carbons (Fsp3) is 0.0769. The van der Waals surface area contributed by atoms with Gasteiger partial charge < -0.3 is 9.84 Å². The average Bonchev–Trinajstić information content (AvgIpc) is 2.83. The molecule has 0 saturated carbocycles. The summed E-state index contributed by atoms with van der Waals surface area (Å²) in [6.07, 6.45) is 1.81. The van der Waals surface area contributed by atoms with Gasteiger partial charge in [-0.3, -0.25) is 4.40 Å². The zero-order valence-electron chi connectivity index (χ0n) is 9.82. The van der Waals surface area contributed by atoms with Crippen molar-refractivity contribution in [2.75, 3.05) is 0 Å². The van der Waals surface area contributed by atoms with Crippen LogP contribution < -0.4 is 4.74 Å². The van der Waals surface area contributed by atoms with Crippen LogP contribution >= 0.6 is 11.6 Å². The summed E-state index contributed by atoms with van der Waals surface area (Å²) in [7, 11) is 0. The molecule has 3 rings (SSSR count). The number of hydrogen-bond acceptors (Lipinski definition) is 4. The van der Waals surface area contributed by atoms with E-state index >= 15 is 0 Å². The second-order valence-corrected chi connectivity index (χ2v) is 4.33. The minimum absolute atomic E-state index is 0.0920. The van der Waals surface area contributed by atoms with Crippen molar-refractivity contribution < 1.29 is 9.84 Å². The minimum Gasteiger partial charge on any atom is -0.504 e. The topological polar surface area (TPSA) is 59.7 Å². The average molecular weight is 276 g/mol. The molecule has 1 aromatic carbocycles. The van der Waals surface area contributed by atoms with Gasteiger partial charge in [0.1, 0.15) is 6.61 Å². The fourth-order valence-corrected chi connectivity index (χ4v) is 1.95. The van der Waals surface area contributed by atoms with Crippen molar-refractivity contribution >= 4 is 17.2 Å². The third-order valence-electron chi connectivity index (χ3n) is 2.68. The number of halogens is 1. The Balaban J connectivity index is 1.87. The first-order chi connectivity index (χ1) is 9.25. The van der Waals surface area contributed by atoms with Gasteiger partial charge in [0.15, 0.2) is 23.0 Å². The van der Waals surface area contributed by atoms with E-state index in [0.29, 0.717) is 22.2 Å². The van der Waals surface area contributed by atoms with Crippen molar-refractivity contribution in [2.45, 2.75) is 6.61 Å². The highest BCUT2D eigenvalue weighted by Gasteiger charge is 2.09. The summed E-state index contributed by atoms with van der Waals surface area (Å²) in [5, 5.41) is 18.2. The lowest BCUT2D eigenvalue weighted by atomic mass is 10.3. The van der Waals surface area contributed by atoms with E-state index in [0.717, 1.165) is 0 Å². The third kappa shape index (κ3) is 2.20. The molecule has 1 N–H and O–H groups in total. The summed E-state index contributed by atoms with van der Waals surface area (Å²) in [5.74, 6) is 1.11. The number of para-hydroxylation sites is 2. The molecule has 2 aromatic heterocycles. The molecule has 0 amide bonds. The smallest absolute Gasteiger partial charge is 0.179 e. The van der Waals surface area contributed by atoms with Crippen LogP contribution in [0.2, 0.25) is 5.02 Å². The summed E-state index contributed by atoms with van der Waals surface area (Å²) < 4.78 is 7.27. The minimum atomic E-state index is 0.0920. The Bertz CT molecular complexity index is 727. The maximum Gasteiger partial charge on any atom is 0.179 e. The highest BCUT2D eigenvalue weighted by Crippen LogP contribution is 2.25. The first-order valence-electron chi connectivity index (χ1n) is 5.64. The van der Waals surface area contributed by atoms with Crippen molar-refractivity contribution in [3.63, 3.8) is 0 Å². The monoisotopic (exact) mass is 275 g/mol. The Kier molecular flexibility index (Phi) is 2.97. The second-order valence-electron chi connectivity index (χ2n) is 3.92. The van der Waals surface area contributed by atoms with Crippen LogP contribution in [0.3, 0.4) is 0 Å². The Labute approximate surface area is 114 Å². The Morgan fingerprint density at radius 2 is 2.00 bits per heavy atom. The molecule has 19 heavy (non-hydrogen) atoms. The van der Waals surface area contributed by atoms with Gasteiger partial charge in [0.25, 0.3) is 0 Å². The predicted molar refractivity (Wildman–Crippen MR) is 70.4 cm³/mol. The predicted octanol–water partition coefficient (Wildman–Crippen LogP) is 2.67. The van der Waals surface area contributed by atoms with E-state index in [1.807, 2.05) is 12.3 Å². The van der Waals surface area contributed by atoms with Gasteiger partial charge in [-0.25, -0.2) is 0 Å². The second kappa shape index (κ2) is 4.78. The summed E-state index contributed by atoms with van der Waals surface area (Å²) >= 11 is 6.01. The van der Waals surface area contributed by atoms with E-state index in [1.165, 1.54) is 0 Å². The highest BCUT2D eigenvalue weighted by atomic mass is 35.5. The van der Waals surface area contributed by atoms with Crippen LogP contribution in [0.15, 0.2) is 42.6 Å². The third-order valence-corrected chi connectivity index (χ3v) is 2.97. The van der Waals surface area contributed by atoms with Crippen LogP contribution in [-0.2, 0) is 6.61 Å². The molecular formula is C13H10ClN3O2. The molecule has 0 aliphatic rings. The zero-order chi connectivity index (χ0) is 13.2. The quantitative estimate of drug-likeness (QED) is 0.798. The van der Waals surface area contributed by atoms with E-state index in [1.54, 1.807) is 34.7 Å². The molecule has 6 heteroatoms. The standard InChI is InChI=1S/C13H10ClN3O2/c14-9-4-3-7-17-12(15-16-13(9)17)8-19-11-6-2-1-5-10(11)18/h1-7,18H,8H2. The zero-order valence-corrected chi connectivity index (χ0v) is 10.6. The maximum absolute atomic E-state index is 9.61. The molecule has 0 aliphatic carbocycles. The Morgan fingerprint density at radius 1 is 1.16 bits per heavy atom. The molecule has 0 unspecified atom stereocenters. The van der Waals surface area contributed by atoms with E-state index in [9.17, 15) is 5.11 Å². The van der Waals surface area contributed by atoms with Gasteiger partial charge in [0.2, 0.25) is 0 Å². The number of phenols is 1. The number of ether oxygens (including phenoxy) is 1. The van der Waals surface area contributed by atoms with Crippen molar-refractivity contribution in [1.29, 1.82) is 0 Å². The molecule has 3 aromatic rings. The Morgan fingerprint density at radius 3 is 2.84 bits per heavy atom. The van der Waals surface area contributed by atoms with E-state index < -0.39 is 0 Å². The lowest BCUT2D eigenvalue weighted by Crippen LogP contribution is -2.01. The molecule has 5 nitrogen and oxygen atoms in total. The maximum atomic E-state index is 9.61. The SMILES string of the molecule is Oc1ccccc1OCc1nnc2c(Cl)cccn12. The summed E-state index contributed by atoms with van der Waals surface area (Å²) in [5.41, 5.74) is 0.583. The first-order valence-corrected chi connectivity index (χ1v) is 6.02. The van der Waals surface area contributed by atoms with E-state index in [-0.39, 0.29) is 12.4 Å². The van der Waals surface area contributed by atoms with Gasteiger partial charge in [-0.1, -0.05) is 23.7 Å². The number of pyridine rings is 1. The number of phenolic OH excluding ortho intramolecular Hbond substituents is 1. The number of rotatable bonds is 3. The lowest BCUT2D eigenvalue weighted by molar-refractivity contribution is 0.279. The number of hydrogen-bond donors (Lipinski definition) is 1. The normalized spacial score (nSPS) is 10.8. The van der Waals surface area contributed by atoms with E-state index in [4.69, 9.17) is 16.3 Å². The summed E-state index contributed by atoms with van der Waals surface area (Å²) in [6, 6.07) is 10.3. The van der Waals surface area contributed by atoms with Crippen LogP contribution in [-0.4, -0.2) is 19.7 Å². The van der Waals surface area contributed by atoms with Crippen LogP contribution in [0, 0.1) is 0 Å². The van der Waals surface area contributed by atoms with E-state index in [2.05, 4.69) is 10.2 Å². The molecule has 0 radical (unpaired) electrons. The molecule has 0 saturated heterocycles. The highest BCUT2D eigenvalue weighted by molar-refractivity contribution is 6.33. The largest absolute Gasteiger partial charge is 0.504 e. The van der Waals surface area contributed by atoms with Crippen molar-refractivity contribution in [3.05, 3.63) is 53.4 Å². The number of benzene rings is 1. The van der Waals surface area contributed by atoms with Gasteiger partial charge in [0.05, 0.1) is 5.02 Å². The molecule has 0 atom stereocenters. The van der Waals surface area contributed by atoms with Gasteiger partial charge in [-0.05, 0) is 24.3 Å². The summed E-state index contributed by atoms with van der Waals surface area (Å²) in [6.45, 7) is 0.194. The number of fused-ring (bicyclic) bond motifs is 1. The van der Waals surface area contributed by atoms with Crippen molar-refractivity contribution in [3.8, 4) is 11.5 Å². The molecule has 0 fully saturated rings. The molecule has 0 aliphatic heterocycles. The van der Waals surface area contributed by atoms with Crippen LogP contribution in [0.4, 0.5) is 0 Å². The van der Waals surface area contributed by atoms with Gasteiger partial charge in [-0.2, -0.15) is 0 Å². The number of nitrogens with zero attached hydrogens (tertiary/aromatic N) is 3. The lowest BCUT2D eigenvalue weighted by Gasteiger charge is -2.06. The van der Waals surface area contributed by atoms with Gasteiger partial charge in [-0.15, -0.1) is 10.2 Å². The van der Waals surface area contributed by atoms with Crippen molar-refractivity contribution in [1.82, 2.24) is 14.6 Å². The van der Waals surface area contributed by atoms with Crippen LogP contribution in [0.25, 0.3) is 5.65 Å². The fourth-order valence-electron chi connectivity index (χ4n) is 1.75. The molecule has 0 spiro atoms. The first kappa shape index (κ1) is 11.8. The Hall–Kier alpha value is -2.27. The number of aromatic hydroxyl groups is 1. The van der Waals surface area contributed by atoms with Crippen LogP contribution in [0.1, 0.15) is 5.82 Å². The van der Waals surface area contributed by atoms with Gasteiger partial charge in [0, 0.05) is 6.20 Å². The van der Waals surface area contributed by atoms with Crippen LogP contribution in [0.5, 0.6) is 11.5 Å². The van der Waals surface area contributed by atoms with Gasteiger partial charge >= 0.3 is 0 Å².